The van der Waals surface area contributed by atoms with Gasteiger partial charge in [0.25, 0.3) is 0 Å². The first-order chi connectivity index (χ1) is 19.3. The fourth-order valence-electron chi connectivity index (χ4n) is 6.64. The molecule has 0 aliphatic heterocycles. The summed E-state index contributed by atoms with van der Waals surface area (Å²) in [7, 11) is 0. The van der Waals surface area contributed by atoms with E-state index in [-0.39, 0.29) is 0 Å². The molecule has 0 fully saturated rings. The smallest absolute Gasteiger partial charge is 0.0355 e. The summed E-state index contributed by atoms with van der Waals surface area (Å²) in [5.74, 6) is 0. The maximum Gasteiger partial charge on any atom is 0.0355 e. The Balaban J connectivity index is 1.34. The van der Waals surface area contributed by atoms with Crippen molar-refractivity contribution >= 4 is 74.6 Å². The van der Waals surface area contributed by atoms with Gasteiger partial charge in [0.15, 0.2) is 0 Å². The first-order valence-corrected chi connectivity index (χ1v) is 14.3. The molecular formula is C38H22S. The van der Waals surface area contributed by atoms with E-state index in [0.29, 0.717) is 0 Å². The van der Waals surface area contributed by atoms with E-state index in [4.69, 9.17) is 0 Å². The Bertz CT molecular complexity index is 2380. The summed E-state index contributed by atoms with van der Waals surface area (Å²) in [6, 6.07) is 49.6. The fraction of sp³-hybridized carbons (Fsp3) is 0. The van der Waals surface area contributed by atoms with Crippen LogP contribution in [0.15, 0.2) is 133 Å². The van der Waals surface area contributed by atoms with E-state index >= 15 is 0 Å². The molecule has 0 unspecified atom stereocenters. The number of rotatable bonds is 2. The molecule has 0 aliphatic carbocycles. The molecule has 0 spiro atoms. The van der Waals surface area contributed by atoms with Gasteiger partial charge in [0.2, 0.25) is 0 Å². The third kappa shape index (κ3) is 2.99. The lowest BCUT2D eigenvalue weighted by molar-refractivity contribution is 1.69. The molecule has 0 saturated heterocycles. The van der Waals surface area contributed by atoms with E-state index in [1.807, 2.05) is 11.3 Å². The Morgan fingerprint density at radius 3 is 1.79 bits per heavy atom. The molecule has 0 saturated carbocycles. The molecule has 0 bridgehead atoms. The Morgan fingerprint density at radius 1 is 0.333 bits per heavy atom. The normalized spacial score (nSPS) is 12.1. The Kier molecular flexibility index (Phi) is 4.30. The van der Waals surface area contributed by atoms with Gasteiger partial charge in [-0.15, -0.1) is 11.3 Å². The Labute approximate surface area is 229 Å². The highest BCUT2D eigenvalue weighted by molar-refractivity contribution is 7.25. The summed E-state index contributed by atoms with van der Waals surface area (Å²) in [4.78, 5) is 0. The molecule has 0 atom stereocenters. The van der Waals surface area contributed by atoms with Gasteiger partial charge in [0.1, 0.15) is 0 Å². The van der Waals surface area contributed by atoms with Crippen molar-refractivity contribution in [3.05, 3.63) is 133 Å². The second-order valence-corrected chi connectivity index (χ2v) is 11.6. The standard InChI is InChI=1S/C38H22S/c1-2-8-27-23(6-1)7-5-10-29(27)30-18-13-25-14-19-32-28(17-12-24-15-20-33(30)38(25)37(24)32)26-16-21-36-34(22-26)31-9-3-4-11-35(31)39-36/h1-22H. The Hall–Kier alpha value is -4.72. The maximum atomic E-state index is 2.39. The molecule has 0 N–H and O–H groups in total. The number of hydrogen-bond donors (Lipinski definition) is 0. The fourth-order valence-corrected chi connectivity index (χ4v) is 7.73. The molecule has 9 aromatic rings. The topological polar surface area (TPSA) is 0 Å². The van der Waals surface area contributed by atoms with Crippen LogP contribution in [0.25, 0.3) is 85.5 Å². The summed E-state index contributed by atoms with van der Waals surface area (Å²) in [5, 5.41) is 13.2. The third-order valence-corrected chi connectivity index (χ3v) is 9.58. The van der Waals surface area contributed by atoms with Crippen LogP contribution in [-0.4, -0.2) is 0 Å². The van der Waals surface area contributed by atoms with E-state index in [9.17, 15) is 0 Å². The van der Waals surface area contributed by atoms with Crippen molar-refractivity contribution in [2.24, 2.45) is 0 Å². The van der Waals surface area contributed by atoms with Crippen LogP contribution in [0.4, 0.5) is 0 Å². The molecule has 8 aromatic carbocycles. The summed E-state index contributed by atoms with van der Waals surface area (Å²) in [5.41, 5.74) is 5.16. The summed E-state index contributed by atoms with van der Waals surface area (Å²) in [6.45, 7) is 0. The second kappa shape index (κ2) is 7.89. The lowest BCUT2D eigenvalue weighted by atomic mass is 9.86. The van der Waals surface area contributed by atoms with Crippen LogP contribution in [0.3, 0.4) is 0 Å². The molecule has 0 amide bonds. The molecule has 180 valence electrons. The van der Waals surface area contributed by atoms with Crippen molar-refractivity contribution in [3.63, 3.8) is 0 Å². The first-order valence-electron chi connectivity index (χ1n) is 13.4. The van der Waals surface area contributed by atoms with Crippen LogP contribution in [0, 0.1) is 0 Å². The van der Waals surface area contributed by atoms with E-state index < -0.39 is 0 Å². The zero-order valence-corrected chi connectivity index (χ0v) is 21.9. The van der Waals surface area contributed by atoms with Crippen LogP contribution >= 0.6 is 11.3 Å². The molecule has 1 heteroatoms. The van der Waals surface area contributed by atoms with Gasteiger partial charge in [-0.2, -0.15) is 0 Å². The SMILES string of the molecule is c1ccc2c(-c3ccc4ccc5c(-c6ccc7sc8ccccc8c7c6)ccc6ccc3c4c65)cccc2c1. The molecular weight excluding hydrogens is 488 g/mol. The number of thiophene rings is 1. The summed E-state index contributed by atoms with van der Waals surface area (Å²) < 4.78 is 2.69. The number of fused-ring (bicyclic) bond motifs is 4. The van der Waals surface area contributed by atoms with E-state index in [1.165, 1.54) is 85.5 Å². The van der Waals surface area contributed by atoms with Gasteiger partial charge >= 0.3 is 0 Å². The molecule has 1 heterocycles. The molecule has 9 rings (SSSR count). The molecule has 0 radical (unpaired) electrons. The summed E-state index contributed by atoms with van der Waals surface area (Å²) >= 11 is 1.88. The monoisotopic (exact) mass is 510 g/mol. The average molecular weight is 511 g/mol. The quantitative estimate of drug-likeness (QED) is 0.203. The highest BCUT2D eigenvalue weighted by atomic mass is 32.1. The van der Waals surface area contributed by atoms with Gasteiger partial charge in [-0.3, -0.25) is 0 Å². The van der Waals surface area contributed by atoms with E-state index in [1.54, 1.807) is 0 Å². The highest BCUT2D eigenvalue weighted by Gasteiger charge is 2.16. The van der Waals surface area contributed by atoms with Crippen LogP contribution in [-0.2, 0) is 0 Å². The highest BCUT2D eigenvalue weighted by Crippen LogP contribution is 2.44. The van der Waals surface area contributed by atoms with Crippen molar-refractivity contribution in [2.75, 3.05) is 0 Å². The predicted molar refractivity (Wildman–Crippen MR) is 171 cm³/mol. The molecule has 39 heavy (non-hydrogen) atoms. The maximum absolute atomic E-state index is 2.39. The molecule has 0 nitrogen and oxygen atoms in total. The average Bonchev–Trinajstić information content (AvgIpc) is 3.37. The van der Waals surface area contributed by atoms with Crippen LogP contribution in [0.1, 0.15) is 0 Å². The zero-order chi connectivity index (χ0) is 25.5. The van der Waals surface area contributed by atoms with Crippen LogP contribution in [0.5, 0.6) is 0 Å². The van der Waals surface area contributed by atoms with Crippen LogP contribution in [0.2, 0.25) is 0 Å². The van der Waals surface area contributed by atoms with Gasteiger partial charge in [-0.1, -0.05) is 115 Å². The minimum atomic E-state index is 1.28. The first kappa shape index (κ1) is 21.2. The van der Waals surface area contributed by atoms with E-state index in [0.717, 1.165) is 0 Å². The zero-order valence-electron chi connectivity index (χ0n) is 21.1. The third-order valence-electron chi connectivity index (χ3n) is 8.43. The van der Waals surface area contributed by atoms with Crippen molar-refractivity contribution in [1.82, 2.24) is 0 Å². The second-order valence-electron chi connectivity index (χ2n) is 10.5. The van der Waals surface area contributed by atoms with E-state index in [2.05, 4.69) is 133 Å². The largest absolute Gasteiger partial charge is 0.135 e. The Morgan fingerprint density at radius 2 is 0.949 bits per heavy atom. The van der Waals surface area contributed by atoms with Gasteiger partial charge in [-0.25, -0.2) is 0 Å². The van der Waals surface area contributed by atoms with Crippen molar-refractivity contribution in [2.45, 2.75) is 0 Å². The van der Waals surface area contributed by atoms with Crippen molar-refractivity contribution in [1.29, 1.82) is 0 Å². The predicted octanol–water partition coefficient (Wildman–Crippen LogP) is 11.4. The van der Waals surface area contributed by atoms with Gasteiger partial charge in [-0.05, 0) is 83.5 Å². The van der Waals surface area contributed by atoms with Crippen molar-refractivity contribution in [3.8, 4) is 22.3 Å². The van der Waals surface area contributed by atoms with Gasteiger partial charge < -0.3 is 0 Å². The number of benzene rings is 8. The minimum absolute atomic E-state index is 1.28. The molecule has 0 aliphatic rings. The minimum Gasteiger partial charge on any atom is -0.135 e. The summed E-state index contributed by atoms with van der Waals surface area (Å²) in [6.07, 6.45) is 0. The lowest BCUT2D eigenvalue weighted by Crippen LogP contribution is -1.90. The van der Waals surface area contributed by atoms with Gasteiger partial charge in [0.05, 0.1) is 0 Å². The number of hydrogen-bond acceptors (Lipinski definition) is 1. The van der Waals surface area contributed by atoms with Gasteiger partial charge in [0, 0.05) is 20.2 Å². The van der Waals surface area contributed by atoms with Crippen LogP contribution < -0.4 is 0 Å². The molecule has 1 aromatic heterocycles. The van der Waals surface area contributed by atoms with Crippen molar-refractivity contribution < 1.29 is 0 Å². The lowest BCUT2D eigenvalue weighted by Gasteiger charge is -2.17.